The van der Waals surface area contributed by atoms with Gasteiger partial charge in [-0.2, -0.15) is 0 Å². The number of likely N-dealkylation sites (tertiary alicyclic amines) is 1. The van der Waals surface area contributed by atoms with E-state index in [-0.39, 0.29) is 44.4 Å². The maximum Gasteiger partial charge on any atom is 0.410 e. The third-order valence-corrected chi connectivity index (χ3v) is 13.2. The number of piperidine rings is 1. The van der Waals surface area contributed by atoms with Crippen molar-refractivity contribution in [1.82, 2.24) is 29.9 Å². The van der Waals surface area contributed by atoms with E-state index in [0.29, 0.717) is 13.1 Å². The second-order valence-corrected chi connectivity index (χ2v) is 18.7. The van der Waals surface area contributed by atoms with Crippen LogP contribution in [0.25, 0.3) is 33.2 Å². The first-order chi connectivity index (χ1) is 31.5. The van der Waals surface area contributed by atoms with Crippen LogP contribution in [0.4, 0.5) is 9.59 Å². The van der Waals surface area contributed by atoms with Crippen LogP contribution in [0.1, 0.15) is 61.8 Å². The first kappa shape index (κ1) is 43.8. The van der Waals surface area contributed by atoms with Gasteiger partial charge in [0.1, 0.15) is 17.7 Å². The Labute approximate surface area is 382 Å². The monoisotopic (exact) mass is 872 g/mol. The van der Waals surface area contributed by atoms with Gasteiger partial charge < -0.3 is 29.6 Å². The predicted molar refractivity (Wildman–Crippen MR) is 255 cm³/mol. The highest BCUT2D eigenvalue weighted by molar-refractivity contribution is 5.96. The number of aromatic nitrogens is 1. The Bertz CT molecular complexity index is 2580. The molecular weight excluding hydrogens is 813 g/mol. The summed E-state index contributed by atoms with van der Waals surface area (Å²) in [7, 11) is 0. The van der Waals surface area contributed by atoms with E-state index in [1.165, 1.54) is 16.5 Å². The van der Waals surface area contributed by atoms with E-state index in [4.69, 9.17) is 9.47 Å². The minimum Gasteiger partial charge on any atom is -0.449 e. The standard InChI is InChI=1S/C54H60N6O5/c1-53(2,3)65-52(63)59-27-24-54(25-28-59,56-51(62)64-38-48-44-20-12-10-18-42(44)43-19-11-13-21-45(43)48)50(61)55-26-29-60-37-47(41-16-8-5-9-17-41)46-34-40(22-23-49(46)60)36-58-32-30-57(31-33-58)35-39-14-6-4-7-15-39/h4-23,34,37,48H,24-33,35-36,38H2,1-3H3,(H,55,61)(H,56,62). The summed E-state index contributed by atoms with van der Waals surface area (Å²) < 4.78 is 13.8. The Morgan fingerprint density at radius 2 is 1.26 bits per heavy atom. The van der Waals surface area contributed by atoms with E-state index in [1.807, 2.05) is 51.1 Å². The van der Waals surface area contributed by atoms with Gasteiger partial charge in [0.05, 0.1) is 0 Å². The number of rotatable bonds is 12. The lowest BCUT2D eigenvalue weighted by atomic mass is 9.86. The average molecular weight is 873 g/mol. The second kappa shape index (κ2) is 19.0. The van der Waals surface area contributed by atoms with Gasteiger partial charge in [-0.05, 0) is 84.7 Å². The molecule has 11 heteroatoms. The van der Waals surface area contributed by atoms with Gasteiger partial charge in [-0.1, -0.05) is 115 Å². The van der Waals surface area contributed by atoms with Crippen LogP contribution in [0.2, 0.25) is 0 Å². The number of piperazine rings is 1. The quantitative estimate of drug-likeness (QED) is 0.126. The van der Waals surface area contributed by atoms with E-state index in [1.54, 1.807) is 4.90 Å². The summed E-state index contributed by atoms with van der Waals surface area (Å²) in [4.78, 5) is 48.0. The number of benzene rings is 5. The maximum absolute atomic E-state index is 14.4. The lowest BCUT2D eigenvalue weighted by Gasteiger charge is -2.41. The maximum atomic E-state index is 14.4. The molecule has 3 amide bonds. The van der Waals surface area contributed by atoms with E-state index >= 15 is 0 Å². The Balaban J connectivity index is 0.881. The number of nitrogens with one attached hydrogen (secondary N) is 2. The number of hydrogen-bond acceptors (Lipinski definition) is 7. The first-order valence-electron chi connectivity index (χ1n) is 23.1. The Kier molecular flexibility index (Phi) is 12.8. The highest BCUT2D eigenvalue weighted by Crippen LogP contribution is 2.44. The number of fused-ring (bicyclic) bond motifs is 4. The van der Waals surface area contributed by atoms with Crippen LogP contribution >= 0.6 is 0 Å². The third kappa shape index (κ3) is 9.96. The fraction of sp³-hybridized carbons (Fsp3) is 0.352. The molecule has 0 saturated carbocycles. The number of ether oxygens (including phenoxy) is 2. The predicted octanol–water partition coefficient (Wildman–Crippen LogP) is 9.05. The molecule has 2 saturated heterocycles. The summed E-state index contributed by atoms with van der Waals surface area (Å²) >= 11 is 0. The number of alkyl carbamates (subject to hydrolysis) is 1. The Morgan fingerprint density at radius 3 is 1.89 bits per heavy atom. The largest absolute Gasteiger partial charge is 0.449 e. The molecule has 6 aromatic rings. The SMILES string of the molecule is CC(C)(C)OC(=O)N1CCC(NC(=O)OCC2c3ccccc3-c3ccccc32)(C(=O)NCCn2cc(-c3ccccc3)c3cc(CN4CCN(Cc5ccccc5)CC4)ccc32)CC1. The molecule has 1 aliphatic carbocycles. The zero-order valence-corrected chi connectivity index (χ0v) is 37.8. The number of nitrogens with zero attached hydrogens (tertiary/aromatic N) is 4. The van der Waals surface area contributed by atoms with Gasteiger partial charge in [0.2, 0.25) is 5.91 Å². The van der Waals surface area contributed by atoms with Crippen molar-refractivity contribution in [3.63, 3.8) is 0 Å². The molecular formula is C54H60N6O5. The summed E-state index contributed by atoms with van der Waals surface area (Å²) in [5, 5.41) is 7.35. The zero-order valence-electron chi connectivity index (χ0n) is 37.8. The van der Waals surface area contributed by atoms with Gasteiger partial charge in [0.15, 0.2) is 0 Å². The number of carbonyl (C=O) groups is 3. The molecule has 0 bridgehead atoms. The van der Waals surface area contributed by atoms with Crippen molar-refractivity contribution < 1.29 is 23.9 Å². The number of amides is 3. The first-order valence-corrected chi connectivity index (χ1v) is 23.1. The number of hydrogen-bond donors (Lipinski definition) is 2. The molecule has 9 rings (SSSR count). The summed E-state index contributed by atoms with van der Waals surface area (Å²) in [6.45, 7) is 12.9. The normalized spacial score (nSPS) is 16.4. The topological polar surface area (TPSA) is 108 Å². The molecule has 0 unspecified atom stereocenters. The highest BCUT2D eigenvalue weighted by atomic mass is 16.6. The van der Waals surface area contributed by atoms with Gasteiger partial charge in [0.25, 0.3) is 0 Å². The molecule has 5 aromatic carbocycles. The van der Waals surface area contributed by atoms with Gasteiger partial charge >= 0.3 is 12.2 Å². The van der Waals surface area contributed by atoms with Crippen LogP contribution in [0.5, 0.6) is 0 Å². The Morgan fingerprint density at radius 1 is 0.677 bits per heavy atom. The number of carbonyl (C=O) groups excluding carboxylic acids is 3. The van der Waals surface area contributed by atoms with E-state index in [0.717, 1.165) is 78.2 Å². The summed E-state index contributed by atoms with van der Waals surface area (Å²) in [5.41, 5.74) is 8.53. The summed E-state index contributed by atoms with van der Waals surface area (Å²) in [6, 6.07) is 44.3. The Hall–Kier alpha value is -6.43. The van der Waals surface area contributed by atoms with Gasteiger partial charge in [0, 0.05) is 94.0 Å². The van der Waals surface area contributed by atoms with Crippen molar-refractivity contribution in [2.75, 3.05) is 52.4 Å². The fourth-order valence-corrected chi connectivity index (χ4v) is 9.78. The van der Waals surface area contributed by atoms with Gasteiger partial charge in [-0.15, -0.1) is 0 Å². The van der Waals surface area contributed by atoms with Crippen LogP contribution in [0, 0.1) is 0 Å². The van der Waals surface area contributed by atoms with E-state index in [2.05, 4.69) is 128 Å². The minimum atomic E-state index is -1.29. The van der Waals surface area contributed by atoms with Crippen molar-refractivity contribution in [2.24, 2.45) is 0 Å². The van der Waals surface area contributed by atoms with Crippen LogP contribution in [0.3, 0.4) is 0 Å². The fourth-order valence-electron chi connectivity index (χ4n) is 9.78. The average Bonchev–Trinajstić information content (AvgIpc) is 3.84. The van der Waals surface area contributed by atoms with E-state index in [9.17, 15) is 14.4 Å². The molecule has 3 aliphatic rings. The molecule has 3 heterocycles. The van der Waals surface area contributed by atoms with Crippen molar-refractivity contribution in [1.29, 1.82) is 0 Å². The van der Waals surface area contributed by atoms with Crippen LogP contribution in [-0.2, 0) is 33.9 Å². The minimum absolute atomic E-state index is 0.124. The summed E-state index contributed by atoms with van der Waals surface area (Å²) in [6.07, 6.45) is 1.49. The molecule has 336 valence electrons. The second-order valence-electron chi connectivity index (χ2n) is 18.7. The molecule has 0 radical (unpaired) electrons. The van der Waals surface area contributed by atoms with Crippen molar-refractivity contribution >= 4 is 29.0 Å². The van der Waals surface area contributed by atoms with Crippen molar-refractivity contribution in [3.8, 4) is 22.3 Å². The van der Waals surface area contributed by atoms with Crippen molar-refractivity contribution in [3.05, 3.63) is 156 Å². The molecule has 0 spiro atoms. The molecule has 2 N–H and O–H groups in total. The molecule has 0 atom stereocenters. The molecule has 65 heavy (non-hydrogen) atoms. The molecule has 11 nitrogen and oxygen atoms in total. The van der Waals surface area contributed by atoms with Crippen LogP contribution < -0.4 is 10.6 Å². The van der Waals surface area contributed by atoms with Crippen LogP contribution in [-0.4, -0.2) is 101 Å². The molecule has 2 aliphatic heterocycles. The lowest BCUT2D eigenvalue weighted by molar-refractivity contribution is -0.129. The smallest absolute Gasteiger partial charge is 0.410 e. The molecule has 1 aromatic heterocycles. The van der Waals surface area contributed by atoms with Gasteiger partial charge in [-0.25, -0.2) is 9.59 Å². The van der Waals surface area contributed by atoms with Crippen LogP contribution in [0.15, 0.2) is 134 Å². The summed E-state index contributed by atoms with van der Waals surface area (Å²) in [5.74, 6) is -0.429. The molecule has 2 fully saturated rings. The zero-order chi connectivity index (χ0) is 45.0. The van der Waals surface area contributed by atoms with Gasteiger partial charge in [-0.3, -0.25) is 14.6 Å². The highest BCUT2D eigenvalue weighted by Gasteiger charge is 2.45. The lowest BCUT2D eigenvalue weighted by Crippen LogP contribution is -2.64. The van der Waals surface area contributed by atoms with E-state index < -0.39 is 23.3 Å². The van der Waals surface area contributed by atoms with Crippen molar-refractivity contribution in [2.45, 2.75) is 70.3 Å². The third-order valence-electron chi connectivity index (χ3n) is 13.2.